The smallest absolute Gasteiger partial charge is 0.333 e. The van der Waals surface area contributed by atoms with Gasteiger partial charge in [0.05, 0.1) is 6.61 Å². The Balaban J connectivity index is 2.30. The maximum absolute atomic E-state index is 11.4. The van der Waals surface area contributed by atoms with Crippen molar-refractivity contribution in [1.29, 1.82) is 0 Å². The maximum atomic E-state index is 11.4. The minimum absolute atomic E-state index is 0.0596. The number of fused-ring (bicyclic) bond motifs is 1. The normalized spacial score (nSPS) is 28.4. The molecular formula is C11H16O2. The zero-order chi connectivity index (χ0) is 9.26. The molecule has 72 valence electrons. The van der Waals surface area contributed by atoms with Gasteiger partial charge in [-0.15, -0.1) is 0 Å². The zero-order valence-electron chi connectivity index (χ0n) is 8.14. The van der Waals surface area contributed by atoms with Crippen molar-refractivity contribution in [3.8, 4) is 0 Å². The number of hydrogen-bond acceptors (Lipinski definition) is 2. The highest BCUT2D eigenvalue weighted by Crippen LogP contribution is 2.35. The summed E-state index contributed by atoms with van der Waals surface area (Å²) in [4.78, 5) is 11.4. The Labute approximate surface area is 79.0 Å². The molecule has 0 aromatic carbocycles. The summed E-state index contributed by atoms with van der Waals surface area (Å²) >= 11 is 0. The van der Waals surface area contributed by atoms with E-state index in [0.717, 1.165) is 18.4 Å². The van der Waals surface area contributed by atoms with Crippen molar-refractivity contribution < 1.29 is 9.53 Å². The highest BCUT2D eigenvalue weighted by molar-refractivity contribution is 5.90. The van der Waals surface area contributed by atoms with Gasteiger partial charge < -0.3 is 4.74 Å². The molecule has 1 heterocycles. The van der Waals surface area contributed by atoms with Gasteiger partial charge in [0.15, 0.2) is 0 Å². The van der Waals surface area contributed by atoms with Gasteiger partial charge in [-0.3, -0.25) is 0 Å². The highest BCUT2D eigenvalue weighted by atomic mass is 16.5. The van der Waals surface area contributed by atoms with Crippen molar-refractivity contribution in [2.45, 2.75) is 39.0 Å². The molecule has 0 radical (unpaired) electrons. The number of cyclic esters (lactones) is 1. The van der Waals surface area contributed by atoms with Crippen LogP contribution in [-0.4, -0.2) is 12.6 Å². The third-order valence-electron chi connectivity index (χ3n) is 3.14. The molecule has 2 aliphatic rings. The molecule has 0 spiro atoms. The standard InChI is InChI=1S/C11H16O2/c1-2-9-10-6-4-3-5-8(10)7-13-11(9)12/h8H,2-7H2,1H3. The van der Waals surface area contributed by atoms with Gasteiger partial charge in [-0.1, -0.05) is 18.9 Å². The molecule has 2 rings (SSSR count). The van der Waals surface area contributed by atoms with Crippen LogP contribution in [0.25, 0.3) is 0 Å². The molecule has 0 bridgehead atoms. The van der Waals surface area contributed by atoms with Crippen molar-refractivity contribution >= 4 is 5.97 Å². The van der Waals surface area contributed by atoms with Gasteiger partial charge in [-0.05, 0) is 25.7 Å². The third kappa shape index (κ3) is 1.50. The van der Waals surface area contributed by atoms with E-state index in [1.807, 2.05) is 6.92 Å². The van der Waals surface area contributed by atoms with Crippen LogP contribution >= 0.6 is 0 Å². The summed E-state index contributed by atoms with van der Waals surface area (Å²) in [5.74, 6) is 0.497. The van der Waals surface area contributed by atoms with E-state index < -0.39 is 0 Å². The predicted molar refractivity (Wildman–Crippen MR) is 50.2 cm³/mol. The molecule has 0 aromatic heterocycles. The third-order valence-corrected chi connectivity index (χ3v) is 3.14. The first-order valence-corrected chi connectivity index (χ1v) is 5.22. The number of hydrogen-bond donors (Lipinski definition) is 0. The van der Waals surface area contributed by atoms with Gasteiger partial charge in [0.25, 0.3) is 0 Å². The van der Waals surface area contributed by atoms with Crippen LogP contribution in [0.3, 0.4) is 0 Å². The summed E-state index contributed by atoms with van der Waals surface area (Å²) in [6.07, 6.45) is 5.73. The molecule has 1 fully saturated rings. The van der Waals surface area contributed by atoms with Gasteiger partial charge in [0.2, 0.25) is 0 Å². The Morgan fingerprint density at radius 3 is 3.08 bits per heavy atom. The van der Waals surface area contributed by atoms with Crippen molar-refractivity contribution in [1.82, 2.24) is 0 Å². The molecule has 0 aromatic rings. The first-order valence-electron chi connectivity index (χ1n) is 5.22. The van der Waals surface area contributed by atoms with Crippen LogP contribution in [0.2, 0.25) is 0 Å². The van der Waals surface area contributed by atoms with Crippen LogP contribution < -0.4 is 0 Å². The fourth-order valence-electron chi connectivity index (χ4n) is 2.43. The first-order chi connectivity index (χ1) is 6.33. The Morgan fingerprint density at radius 1 is 1.46 bits per heavy atom. The van der Waals surface area contributed by atoms with E-state index in [9.17, 15) is 4.79 Å². The minimum atomic E-state index is -0.0596. The Morgan fingerprint density at radius 2 is 2.31 bits per heavy atom. The molecule has 1 aliphatic heterocycles. The number of carbonyl (C=O) groups excluding carboxylic acids is 1. The molecule has 0 N–H and O–H groups in total. The zero-order valence-corrected chi connectivity index (χ0v) is 8.14. The van der Waals surface area contributed by atoms with Crippen molar-refractivity contribution in [2.75, 3.05) is 6.61 Å². The van der Waals surface area contributed by atoms with E-state index in [-0.39, 0.29) is 5.97 Å². The fraction of sp³-hybridized carbons (Fsp3) is 0.727. The lowest BCUT2D eigenvalue weighted by molar-refractivity contribution is -0.142. The van der Waals surface area contributed by atoms with Crippen LogP contribution in [0.15, 0.2) is 11.1 Å². The van der Waals surface area contributed by atoms with E-state index in [1.54, 1.807) is 0 Å². The van der Waals surface area contributed by atoms with Crippen LogP contribution in [0.1, 0.15) is 39.0 Å². The van der Waals surface area contributed by atoms with Crippen LogP contribution in [0, 0.1) is 5.92 Å². The summed E-state index contributed by atoms with van der Waals surface area (Å²) in [5.41, 5.74) is 2.38. The molecule has 1 unspecified atom stereocenters. The number of carbonyl (C=O) groups is 1. The van der Waals surface area contributed by atoms with Crippen molar-refractivity contribution in [3.63, 3.8) is 0 Å². The van der Waals surface area contributed by atoms with Gasteiger partial charge in [0, 0.05) is 11.5 Å². The van der Waals surface area contributed by atoms with Gasteiger partial charge in [-0.25, -0.2) is 4.79 Å². The Hall–Kier alpha value is -0.790. The number of rotatable bonds is 1. The molecule has 13 heavy (non-hydrogen) atoms. The van der Waals surface area contributed by atoms with Crippen LogP contribution in [-0.2, 0) is 9.53 Å². The number of ether oxygens (including phenoxy) is 1. The fourth-order valence-corrected chi connectivity index (χ4v) is 2.43. The summed E-state index contributed by atoms with van der Waals surface area (Å²) in [6.45, 7) is 2.68. The summed E-state index contributed by atoms with van der Waals surface area (Å²) in [7, 11) is 0. The minimum Gasteiger partial charge on any atom is -0.462 e. The quantitative estimate of drug-likeness (QED) is 0.579. The van der Waals surface area contributed by atoms with E-state index in [0.29, 0.717) is 12.5 Å². The maximum Gasteiger partial charge on any atom is 0.333 e. The molecule has 2 heteroatoms. The van der Waals surface area contributed by atoms with E-state index >= 15 is 0 Å². The molecule has 1 aliphatic carbocycles. The van der Waals surface area contributed by atoms with E-state index in [2.05, 4.69) is 0 Å². The van der Waals surface area contributed by atoms with Crippen LogP contribution in [0.5, 0.6) is 0 Å². The van der Waals surface area contributed by atoms with E-state index in [4.69, 9.17) is 4.74 Å². The SMILES string of the molecule is CCC1=C2CCCCC2COC1=O. The van der Waals surface area contributed by atoms with Crippen molar-refractivity contribution in [3.05, 3.63) is 11.1 Å². The van der Waals surface area contributed by atoms with Crippen LogP contribution in [0.4, 0.5) is 0 Å². The van der Waals surface area contributed by atoms with Crippen molar-refractivity contribution in [2.24, 2.45) is 5.92 Å². The second kappa shape index (κ2) is 3.52. The van der Waals surface area contributed by atoms with Gasteiger partial charge >= 0.3 is 5.97 Å². The molecule has 1 saturated carbocycles. The monoisotopic (exact) mass is 180 g/mol. The summed E-state index contributed by atoms with van der Waals surface area (Å²) in [5, 5.41) is 0. The lowest BCUT2D eigenvalue weighted by Gasteiger charge is -2.31. The first kappa shape index (κ1) is 8.79. The second-order valence-corrected chi connectivity index (χ2v) is 3.90. The topological polar surface area (TPSA) is 26.3 Å². The molecule has 0 amide bonds. The second-order valence-electron chi connectivity index (χ2n) is 3.90. The average Bonchev–Trinajstić information content (AvgIpc) is 2.18. The van der Waals surface area contributed by atoms with E-state index in [1.165, 1.54) is 24.8 Å². The molecular weight excluding hydrogens is 164 g/mol. The Bertz CT molecular complexity index is 253. The Kier molecular flexibility index (Phi) is 2.38. The molecule has 1 atom stereocenters. The molecule has 0 saturated heterocycles. The number of esters is 1. The summed E-state index contributed by atoms with van der Waals surface area (Å²) in [6, 6.07) is 0. The largest absolute Gasteiger partial charge is 0.462 e. The average molecular weight is 180 g/mol. The lowest BCUT2D eigenvalue weighted by Crippen LogP contribution is -2.27. The van der Waals surface area contributed by atoms with Gasteiger partial charge in [-0.2, -0.15) is 0 Å². The lowest BCUT2D eigenvalue weighted by atomic mass is 9.80. The summed E-state index contributed by atoms with van der Waals surface area (Å²) < 4.78 is 5.15. The molecule has 2 nitrogen and oxygen atoms in total. The van der Waals surface area contributed by atoms with Gasteiger partial charge in [0.1, 0.15) is 0 Å². The highest BCUT2D eigenvalue weighted by Gasteiger charge is 2.30. The predicted octanol–water partition coefficient (Wildman–Crippen LogP) is 2.44.